The summed E-state index contributed by atoms with van der Waals surface area (Å²) in [7, 11) is 1.54. The summed E-state index contributed by atoms with van der Waals surface area (Å²) in [6.07, 6.45) is 0.372. The molecule has 0 heterocycles. The first-order valence-corrected chi connectivity index (χ1v) is 5.62. The Morgan fingerprint density at radius 1 is 1.39 bits per heavy atom. The van der Waals surface area contributed by atoms with Crippen molar-refractivity contribution in [3.8, 4) is 6.07 Å². The highest BCUT2D eigenvalue weighted by atomic mass is 16.7. The van der Waals surface area contributed by atoms with Gasteiger partial charge >= 0.3 is 0 Å². The van der Waals surface area contributed by atoms with Crippen LogP contribution in [0.5, 0.6) is 0 Å². The molecule has 1 unspecified atom stereocenters. The largest absolute Gasteiger partial charge is 0.382 e. The maximum Gasteiger partial charge on any atom is 0.261 e. The quantitative estimate of drug-likeness (QED) is 0.578. The molecule has 0 aliphatic heterocycles. The van der Waals surface area contributed by atoms with Gasteiger partial charge in [0.25, 0.3) is 5.91 Å². The number of nitriles is 1. The Balaban J connectivity index is 2.41. The summed E-state index contributed by atoms with van der Waals surface area (Å²) in [5, 5.41) is 8.97. The molecule has 5 heteroatoms. The molecule has 0 aliphatic rings. The van der Waals surface area contributed by atoms with Gasteiger partial charge in [-0.3, -0.25) is 9.63 Å². The van der Waals surface area contributed by atoms with Crippen LogP contribution in [0.2, 0.25) is 0 Å². The van der Waals surface area contributed by atoms with Crippen molar-refractivity contribution in [2.45, 2.75) is 6.42 Å². The van der Waals surface area contributed by atoms with Gasteiger partial charge in [-0.15, -0.1) is 0 Å². The number of amides is 1. The topological polar surface area (TPSA) is 71.3 Å². The maximum atomic E-state index is 11.6. The summed E-state index contributed by atoms with van der Waals surface area (Å²) < 4.78 is 4.76. The highest BCUT2D eigenvalue weighted by Gasteiger charge is 2.18. The summed E-state index contributed by atoms with van der Waals surface area (Å²) in [6, 6.07) is 11.4. The predicted octanol–water partition coefficient (Wildman–Crippen LogP) is 1.06. The van der Waals surface area contributed by atoms with Crippen LogP contribution in [0.3, 0.4) is 0 Å². The van der Waals surface area contributed by atoms with Crippen LogP contribution in [0.15, 0.2) is 30.3 Å². The molecular weight excluding hydrogens is 232 g/mol. The molecule has 0 saturated heterocycles. The lowest BCUT2D eigenvalue weighted by molar-refractivity contribution is -0.137. The van der Waals surface area contributed by atoms with Gasteiger partial charge in [-0.25, -0.2) is 5.48 Å². The molecule has 0 saturated carbocycles. The molecular formula is C13H16N2O3. The summed E-state index contributed by atoms with van der Waals surface area (Å²) in [5.41, 5.74) is 3.19. The average molecular weight is 248 g/mol. The van der Waals surface area contributed by atoms with E-state index in [-0.39, 0.29) is 6.61 Å². The molecule has 1 N–H and O–H groups in total. The minimum atomic E-state index is -0.755. The molecule has 5 nitrogen and oxygen atoms in total. The number of benzene rings is 1. The number of hydrogen-bond donors (Lipinski definition) is 1. The monoisotopic (exact) mass is 248 g/mol. The van der Waals surface area contributed by atoms with Crippen molar-refractivity contribution in [2.24, 2.45) is 5.92 Å². The van der Waals surface area contributed by atoms with Gasteiger partial charge < -0.3 is 4.74 Å². The zero-order chi connectivity index (χ0) is 13.2. The summed E-state index contributed by atoms with van der Waals surface area (Å²) in [4.78, 5) is 16.5. The van der Waals surface area contributed by atoms with Crippen molar-refractivity contribution in [3.63, 3.8) is 0 Å². The minimum absolute atomic E-state index is 0.256. The molecule has 96 valence electrons. The fourth-order valence-corrected chi connectivity index (χ4v) is 1.37. The molecule has 1 aromatic rings. The Kier molecular flexibility index (Phi) is 6.47. The zero-order valence-electron chi connectivity index (χ0n) is 10.3. The molecule has 0 aromatic heterocycles. The summed E-state index contributed by atoms with van der Waals surface area (Å²) in [6.45, 7) is 0.641. The molecule has 1 atom stereocenters. The lowest BCUT2D eigenvalue weighted by Gasteiger charge is -2.10. The van der Waals surface area contributed by atoms with E-state index < -0.39 is 11.8 Å². The number of nitrogens with one attached hydrogen (secondary N) is 1. The van der Waals surface area contributed by atoms with Crippen LogP contribution in [0, 0.1) is 17.2 Å². The van der Waals surface area contributed by atoms with Crippen LogP contribution in [0.4, 0.5) is 0 Å². The van der Waals surface area contributed by atoms with Crippen molar-refractivity contribution in [1.82, 2.24) is 5.48 Å². The number of hydroxylamine groups is 1. The normalized spacial score (nSPS) is 11.6. The Hall–Kier alpha value is -1.90. The van der Waals surface area contributed by atoms with Crippen LogP contribution in [0.25, 0.3) is 0 Å². The molecule has 0 spiro atoms. The molecule has 0 fully saturated rings. The van der Waals surface area contributed by atoms with Crippen LogP contribution in [-0.2, 0) is 20.8 Å². The van der Waals surface area contributed by atoms with Crippen LogP contribution < -0.4 is 5.48 Å². The average Bonchev–Trinajstić information content (AvgIpc) is 2.42. The van der Waals surface area contributed by atoms with Crippen LogP contribution in [0.1, 0.15) is 5.56 Å². The standard InChI is InChI=1S/C13H16N2O3/c1-17-7-8-18-15-13(16)12(10-14)9-11-5-3-2-4-6-11/h2-6,12H,7-9H2,1H3,(H,15,16). The van der Waals surface area contributed by atoms with Gasteiger partial charge in [0.05, 0.1) is 19.3 Å². The first kappa shape index (κ1) is 14.2. The smallest absolute Gasteiger partial charge is 0.261 e. The summed E-state index contributed by atoms with van der Waals surface area (Å²) in [5.74, 6) is -1.19. The number of carbonyl (C=O) groups is 1. The Labute approximate surface area is 106 Å². The second-order valence-electron chi connectivity index (χ2n) is 3.68. The van der Waals surface area contributed by atoms with Gasteiger partial charge in [0, 0.05) is 7.11 Å². The second kappa shape index (κ2) is 8.23. The molecule has 1 amide bonds. The van der Waals surface area contributed by atoms with E-state index in [0.717, 1.165) is 5.56 Å². The molecule has 1 rings (SSSR count). The highest BCUT2D eigenvalue weighted by molar-refractivity contribution is 5.80. The van der Waals surface area contributed by atoms with Gasteiger partial charge in [-0.05, 0) is 12.0 Å². The number of nitrogens with zero attached hydrogens (tertiary/aromatic N) is 1. The molecule has 0 radical (unpaired) electrons. The third-order valence-corrected chi connectivity index (χ3v) is 2.32. The van der Waals surface area contributed by atoms with E-state index in [9.17, 15) is 4.79 Å². The minimum Gasteiger partial charge on any atom is -0.382 e. The van der Waals surface area contributed by atoms with Crippen LogP contribution >= 0.6 is 0 Å². The lowest BCUT2D eigenvalue weighted by atomic mass is 10.0. The predicted molar refractivity (Wildman–Crippen MR) is 65.2 cm³/mol. The number of ether oxygens (including phenoxy) is 1. The van der Waals surface area contributed by atoms with E-state index in [1.54, 1.807) is 7.11 Å². The Morgan fingerprint density at radius 2 is 2.11 bits per heavy atom. The highest BCUT2D eigenvalue weighted by Crippen LogP contribution is 2.08. The van der Waals surface area contributed by atoms with Crippen LogP contribution in [-0.4, -0.2) is 26.2 Å². The van der Waals surface area contributed by atoms with Crippen molar-refractivity contribution in [1.29, 1.82) is 5.26 Å². The zero-order valence-corrected chi connectivity index (χ0v) is 10.3. The van der Waals surface area contributed by atoms with E-state index in [1.165, 1.54) is 0 Å². The van der Waals surface area contributed by atoms with Gasteiger partial charge in [0.2, 0.25) is 0 Å². The van der Waals surface area contributed by atoms with Gasteiger partial charge in [-0.1, -0.05) is 30.3 Å². The Bertz CT molecular complexity index is 400. The number of rotatable bonds is 7. The third-order valence-electron chi connectivity index (χ3n) is 2.32. The van der Waals surface area contributed by atoms with Gasteiger partial charge in [-0.2, -0.15) is 5.26 Å². The second-order valence-corrected chi connectivity index (χ2v) is 3.68. The fraction of sp³-hybridized carbons (Fsp3) is 0.385. The summed E-state index contributed by atoms with van der Waals surface area (Å²) >= 11 is 0. The van der Waals surface area contributed by atoms with Crippen molar-refractivity contribution in [2.75, 3.05) is 20.3 Å². The van der Waals surface area contributed by atoms with Crippen molar-refractivity contribution >= 4 is 5.91 Å². The van der Waals surface area contributed by atoms with E-state index in [1.807, 2.05) is 36.4 Å². The Morgan fingerprint density at radius 3 is 2.72 bits per heavy atom. The lowest BCUT2D eigenvalue weighted by Crippen LogP contribution is -2.32. The maximum absolute atomic E-state index is 11.6. The van der Waals surface area contributed by atoms with E-state index in [2.05, 4.69) is 5.48 Å². The number of methoxy groups -OCH3 is 1. The molecule has 0 aliphatic carbocycles. The van der Waals surface area contributed by atoms with Crippen molar-refractivity contribution < 1.29 is 14.4 Å². The number of hydrogen-bond acceptors (Lipinski definition) is 4. The van der Waals surface area contributed by atoms with E-state index >= 15 is 0 Å². The van der Waals surface area contributed by atoms with Gasteiger partial charge in [0.1, 0.15) is 5.92 Å². The van der Waals surface area contributed by atoms with Crippen molar-refractivity contribution in [3.05, 3.63) is 35.9 Å². The molecule has 0 bridgehead atoms. The fourth-order valence-electron chi connectivity index (χ4n) is 1.37. The van der Waals surface area contributed by atoms with Gasteiger partial charge in [0.15, 0.2) is 0 Å². The SMILES string of the molecule is COCCONC(=O)C(C#N)Cc1ccccc1. The first-order chi connectivity index (χ1) is 8.77. The third kappa shape index (κ3) is 4.95. The van der Waals surface area contributed by atoms with E-state index in [0.29, 0.717) is 13.0 Å². The van der Waals surface area contributed by atoms with E-state index in [4.69, 9.17) is 14.8 Å². The first-order valence-electron chi connectivity index (χ1n) is 5.62. The molecule has 18 heavy (non-hydrogen) atoms. The number of carbonyl (C=O) groups excluding carboxylic acids is 1. The molecule has 1 aromatic carbocycles.